The van der Waals surface area contributed by atoms with Gasteiger partial charge in [-0.05, 0) is 12.1 Å². The van der Waals surface area contributed by atoms with Crippen molar-refractivity contribution in [2.24, 2.45) is 0 Å². The van der Waals surface area contributed by atoms with Gasteiger partial charge in [0.05, 0.1) is 0 Å². The zero-order valence-corrected chi connectivity index (χ0v) is 12.2. The quantitative estimate of drug-likeness (QED) is 0.593. The molecule has 0 aliphatic rings. The minimum Gasteiger partial charge on any atom is -0.281 e. The lowest BCUT2D eigenvalue weighted by atomic mass is 10.1. The van der Waals surface area contributed by atoms with Crippen LogP contribution in [0.3, 0.4) is 0 Å². The second kappa shape index (κ2) is 7.31. The number of hydrogen-bond donors (Lipinski definition) is 1. The SMILES string of the molecule is O=S(=O)(O)C(F)(F)C(F)(F)C(F)(F)C(F)(F)C(F)F.c1ccncc1. The van der Waals surface area contributed by atoms with Crippen LogP contribution in [-0.4, -0.2) is 47.4 Å². The molecular weight excluding hydrogens is 404 g/mol. The van der Waals surface area contributed by atoms with Gasteiger partial charge in [0.25, 0.3) is 0 Å². The van der Waals surface area contributed by atoms with Gasteiger partial charge in [-0.1, -0.05) is 6.07 Å². The van der Waals surface area contributed by atoms with Gasteiger partial charge in [0.1, 0.15) is 0 Å². The summed E-state index contributed by atoms with van der Waals surface area (Å²) >= 11 is 0. The Kier molecular flexibility index (Phi) is 6.83. The van der Waals surface area contributed by atoms with Gasteiger partial charge in [0.15, 0.2) is 0 Å². The molecule has 25 heavy (non-hydrogen) atoms. The molecule has 0 aromatic carbocycles. The summed E-state index contributed by atoms with van der Waals surface area (Å²) in [4.78, 5) is 3.78. The molecule has 1 heterocycles. The summed E-state index contributed by atoms with van der Waals surface area (Å²) in [5, 5.41) is -7.11. The van der Waals surface area contributed by atoms with Gasteiger partial charge in [0.2, 0.25) is 0 Å². The molecule has 1 N–H and O–H groups in total. The Labute approximate surface area is 133 Å². The molecule has 0 atom stereocenters. The van der Waals surface area contributed by atoms with E-state index in [0.29, 0.717) is 0 Å². The van der Waals surface area contributed by atoms with E-state index in [2.05, 4.69) is 4.98 Å². The smallest absolute Gasteiger partial charge is 0.281 e. The van der Waals surface area contributed by atoms with Crippen LogP contribution in [0, 0.1) is 0 Å². The van der Waals surface area contributed by atoms with Gasteiger partial charge >= 0.3 is 39.6 Å². The first-order valence-electron chi connectivity index (χ1n) is 5.56. The lowest BCUT2D eigenvalue weighted by Crippen LogP contribution is -2.66. The van der Waals surface area contributed by atoms with Crippen LogP contribution in [0.15, 0.2) is 30.6 Å². The van der Waals surface area contributed by atoms with Crippen molar-refractivity contribution in [2.45, 2.75) is 29.4 Å². The molecule has 0 spiro atoms. The van der Waals surface area contributed by atoms with Gasteiger partial charge in [-0.15, -0.1) is 0 Å². The van der Waals surface area contributed by atoms with Crippen molar-refractivity contribution in [2.75, 3.05) is 0 Å². The predicted molar refractivity (Wildman–Crippen MR) is 61.6 cm³/mol. The summed E-state index contributed by atoms with van der Waals surface area (Å²) in [5.74, 6) is -21.9. The fourth-order valence-corrected chi connectivity index (χ4v) is 1.46. The first-order valence-corrected chi connectivity index (χ1v) is 7.00. The summed E-state index contributed by atoms with van der Waals surface area (Å²) in [6, 6.07) is 5.72. The van der Waals surface area contributed by atoms with Crippen LogP contribution in [0.5, 0.6) is 0 Å². The molecule has 0 amide bonds. The molecule has 0 radical (unpaired) electrons. The third-order valence-electron chi connectivity index (χ3n) is 2.34. The van der Waals surface area contributed by atoms with Crippen LogP contribution in [0.4, 0.5) is 43.9 Å². The van der Waals surface area contributed by atoms with Gasteiger partial charge in [-0.25, -0.2) is 8.78 Å². The van der Waals surface area contributed by atoms with Gasteiger partial charge < -0.3 is 0 Å². The lowest BCUT2D eigenvalue weighted by molar-refractivity contribution is -0.369. The Balaban J connectivity index is 0.000000796. The summed E-state index contributed by atoms with van der Waals surface area (Å²) in [7, 11) is -7.27. The molecule has 0 fully saturated rings. The van der Waals surface area contributed by atoms with E-state index in [0.717, 1.165) is 0 Å². The number of alkyl halides is 10. The van der Waals surface area contributed by atoms with Gasteiger partial charge in [0, 0.05) is 12.4 Å². The second-order valence-corrected chi connectivity index (χ2v) is 5.55. The van der Waals surface area contributed by atoms with Crippen LogP contribution in [0.2, 0.25) is 0 Å². The average Bonchev–Trinajstić information content (AvgIpc) is 2.47. The molecule has 1 aromatic rings. The molecule has 0 saturated carbocycles. The van der Waals surface area contributed by atoms with Crippen molar-refractivity contribution < 1.29 is 56.9 Å². The van der Waals surface area contributed by atoms with Crippen LogP contribution >= 0.6 is 0 Å². The van der Waals surface area contributed by atoms with Crippen molar-refractivity contribution in [1.29, 1.82) is 0 Å². The minimum atomic E-state index is -7.49. The third-order valence-corrected chi connectivity index (χ3v) is 3.25. The molecule has 0 bridgehead atoms. The molecule has 0 saturated heterocycles. The second-order valence-electron chi connectivity index (χ2n) is 4.09. The van der Waals surface area contributed by atoms with Gasteiger partial charge in [-0.2, -0.15) is 43.5 Å². The van der Waals surface area contributed by atoms with E-state index >= 15 is 0 Å². The van der Waals surface area contributed by atoms with E-state index in [4.69, 9.17) is 4.55 Å². The Bertz CT molecular complexity index is 623. The summed E-state index contributed by atoms with van der Waals surface area (Å²) in [6.45, 7) is 0. The highest BCUT2D eigenvalue weighted by Crippen LogP contribution is 2.55. The Morgan fingerprint density at radius 2 is 1.20 bits per heavy atom. The van der Waals surface area contributed by atoms with Crippen molar-refractivity contribution >= 4 is 10.1 Å². The average molecular weight is 411 g/mol. The normalized spacial score (nSPS) is 14.1. The van der Waals surface area contributed by atoms with Gasteiger partial charge in [-0.3, -0.25) is 9.54 Å². The highest BCUT2D eigenvalue weighted by molar-refractivity contribution is 7.87. The third kappa shape index (κ3) is 4.31. The number of halogens is 10. The van der Waals surface area contributed by atoms with Crippen molar-refractivity contribution in [3.05, 3.63) is 30.6 Å². The highest BCUT2D eigenvalue weighted by atomic mass is 32.2. The topological polar surface area (TPSA) is 67.3 Å². The Morgan fingerprint density at radius 1 is 0.800 bits per heavy atom. The van der Waals surface area contributed by atoms with Crippen LogP contribution in [0.25, 0.3) is 0 Å². The predicted octanol–water partition coefficient (Wildman–Crippen LogP) is 3.72. The fraction of sp³-hybridized carbons (Fsp3) is 0.500. The summed E-state index contributed by atoms with van der Waals surface area (Å²) < 4.78 is 149. The molecular formula is C10H7F10NO3S. The molecule has 1 rings (SSSR count). The van der Waals surface area contributed by atoms with Crippen LogP contribution in [0.1, 0.15) is 0 Å². The van der Waals surface area contributed by atoms with Crippen molar-refractivity contribution in [3.63, 3.8) is 0 Å². The van der Waals surface area contributed by atoms with Crippen molar-refractivity contribution in [3.8, 4) is 0 Å². The lowest BCUT2D eigenvalue weighted by Gasteiger charge is -2.34. The standard InChI is InChI=1S/C5H2F10O3S.C5H5N/c6-1(7)2(8,9)3(10,11)4(12,13)5(14,15)19(16,17)18;1-2-4-6-5-3-1/h1H,(H,16,17,18);1-5H. The maximum absolute atomic E-state index is 12.5. The molecule has 0 aliphatic carbocycles. The molecule has 15 heteroatoms. The molecule has 0 unspecified atom stereocenters. The zero-order valence-electron chi connectivity index (χ0n) is 11.4. The monoisotopic (exact) mass is 411 g/mol. The fourth-order valence-electron chi connectivity index (χ4n) is 1.00. The first-order chi connectivity index (χ1) is 10.9. The maximum atomic E-state index is 12.5. The van der Waals surface area contributed by atoms with E-state index in [1.54, 1.807) is 12.4 Å². The first kappa shape index (κ1) is 23.4. The Morgan fingerprint density at radius 3 is 1.40 bits per heavy atom. The zero-order chi connectivity index (χ0) is 20.3. The molecule has 0 aliphatic heterocycles. The Hall–Kier alpha value is -1.64. The van der Waals surface area contributed by atoms with Crippen molar-refractivity contribution in [1.82, 2.24) is 4.98 Å². The summed E-state index contributed by atoms with van der Waals surface area (Å²) in [5.41, 5.74) is 0. The number of pyridine rings is 1. The number of aromatic nitrogens is 1. The molecule has 146 valence electrons. The van der Waals surface area contributed by atoms with E-state index < -0.39 is 39.6 Å². The van der Waals surface area contributed by atoms with E-state index in [1.165, 1.54) is 0 Å². The van der Waals surface area contributed by atoms with E-state index in [9.17, 15) is 52.3 Å². The largest absolute Gasteiger partial charge is 0.438 e. The minimum absolute atomic E-state index is 1.75. The summed E-state index contributed by atoms with van der Waals surface area (Å²) in [6.07, 6.45) is -1.99. The van der Waals surface area contributed by atoms with E-state index in [-0.39, 0.29) is 0 Å². The maximum Gasteiger partial charge on any atom is 0.438 e. The number of hydrogen-bond acceptors (Lipinski definition) is 3. The van der Waals surface area contributed by atoms with E-state index in [1.807, 2.05) is 18.2 Å². The van der Waals surface area contributed by atoms with Crippen LogP contribution < -0.4 is 0 Å². The van der Waals surface area contributed by atoms with Crippen LogP contribution in [-0.2, 0) is 10.1 Å². The molecule has 1 aromatic heterocycles. The highest BCUT2D eigenvalue weighted by Gasteiger charge is 2.86. The molecule has 4 nitrogen and oxygen atoms in total. The number of rotatable bonds is 5. The number of nitrogens with zero attached hydrogens (tertiary/aromatic N) is 1.